The second-order valence-corrected chi connectivity index (χ2v) is 4.27. The molecule has 1 saturated heterocycles. The first kappa shape index (κ1) is 9.90. The van der Waals surface area contributed by atoms with Gasteiger partial charge in [0.15, 0.2) is 0 Å². The van der Waals surface area contributed by atoms with Gasteiger partial charge in [-0.15, -0.1) is 0 Å². The van der Waals surface area contributed by atoms with Gasteiger partial charge in [0.1, 0.15) is 0 Å². The monoisotopic (exact) mass is 186 g/mol. The van der Waals surface area contributed by atoms with Crippen molar-refractivity contribution in [2.24, 2.45) is 5.92 Å². The maximum absolute atomic E-state index is 11.6. The Labute approximate surface area is 78.7 Å². The number of rotatable bonds is 2. The summed E-state index contributed by atoms with van der Waals surface area (Å²) in [6.07, 6.45) is 0.850. The van der Waals surface area contributed by atoms with Crippen LogP contribution in [0.15, 0.2) is 0 Å². The molecule has 1 radical (unpaired) electrons. The molecule has 2 nitrogen and oxygen atoms in total. The Morgan fingerprint density at radius 1 is 1.58 bits per heavy atom. The summed E-state index contributed by atoms with van der Waals surface area (Å²) in [6.45, 7) is 7.67. The average molecular weight is 186 g/mol. The molecule has 12 heavy (non-hydrogen) atoms. The van der Waals surface area contributed by atoms with Gasteiger partial charge in [-0.2, -0.15) is 11.8 Å². The number of amides is 1. The molecular formula is C9H16NOS. The van der Waals surface area contributed by atoms with Gasteiger partial charge in [0.05, 0.1) is 0 Å². The van der Waals surface area contributed by atoms with Gasteiger partial charge in [-0.25, -0.2) is 0 Å². The number of nitrogens with zero attached hydrogens (tertiary/aromatic N) is 1. The summed E-state index contributed by atoms with van der Waals surface area (Å²) < 4.78 is 0. The van der Waals surface area contributed by atoms with Crippen LogP contribution in [0.5, 0.6) is 0 Å². The van der Waals surface area contributed by atoms with Crippen molar-refractivity contribution in [1.29, 1.82) is 0 Å². The predicted octanol–water partition coefficient (Wildman–Crippen LogP) is 1.42. The molecule has 1 rings (SSSR count). The Balaban J connectivity index is 2.39. The highest BCUT2D eigenvalue weighted by atomic mass is 32.2. The minimum atomic E-state index is -0.0342. The number of hydrogen-bond donors (Lipinski definition) is 0. The third-order valence-electron chi connectivity index (χ3n) is 2.16. The van der Waals surface area contributed by atoms with Crippen LogP contribution >= 0.6 is 11.8 Å². The normalized spacial score (nSPS) is 20.7. The van der Waals surface area contributed by atoms with E-state index in [1.165, 1.54) is 0 Å². The van der Waals surface area contributed by atoms with E-state index in [9.17, 15) is 4.79 Å². The number of carbonyl (C=O) groups is 1. The highest BCUT2D eigenvalue weighted by Gasteiger charge is 2.20. The minimum absolute atomic E-state index is 0.0342. The van der Waals surface area contributed by atoms with E-state index in [0.717, 1.165) is 31.0 Å². The van der Waals surface area contributed by atoms with Gasteiger partial charge in [-0.05, 0) is 13.3 Å². The Kier molecular flexibility index (Phi) is 3.92. The van der Waals surface area contributed by atoms with Crippen molar-refractivity contribution in [2.75, 3.05) is 24.6 Å². The van der Waals surface area contributed by atoms with E-state index in [1.54, 1.807) is 0 Å². The molecule has 1 aliphatic rings. The van der Waals surface area contributed by atoms with Crippen LogP contribution in [0.1, 0.15) is 13.3 Å². The number of hydrogen-bond acceptors (Lipinski definition) is 2. The van der Waals surface area contributed by atoms with Crippen molar-refractivity contribution in [2.45, 2.75) is 13.3 Å². The predicted molar refractivity (Wildman–Crippen MR) is 53.0 cm³/mol. The fourth-order valence-electron chi connectivity index (χ4n) is 1.22. The molecule has 0 aromatic carbocycles. The van der Waals surface area contributed by atoms with E-state index in [-0.39, 0.29) is 11.8 Å². The summed E-state index contributed by atoms with van der Waals surface area (Å²) in [5.74, 6) is 2.37. The maximum atomic E-state index is 11.6. The summed E-state index contributed by atoms with van der Waals surface area (Å²) >= 11 is 1.92. The van der Waals surface area contributed by atoms with Gasteiger partial charge in [0, 0.05) is 30.5 Å². The van der Waals surface area contributed by atoms with Crippen molar-refractivity contribution in [3.05, 3.63) is 6.92 Å². The molecule has 3 heteroatoms. The Morgan fingerprint density at radius 3 is 2.67 bits per heavy atom. The van der Waals surface area contributed by atoms with Crippen molar-refractivity contribution in [1.82, 2.24) is 4.90 Å². The fraction of sp³-hybridized carbons (Fsp3) is 0.778. The molecular weight excluding hydrogens is 170 g/mol. The van der Waals surface area contributed by atoms with E-state index in [2.05, 4.69) is 6.92 Å². The van der Waals surface area contributed by atoms with Crippen LogP contribution in [0.2, 0.25) is 0 Å². The van der Waals surface area contributed by atoms with Crippen LogP contribution in [-0.2, 0) is 4.79 Å². The first-order valence-corrected chi connectivity index (χ1v) is 5.60. The second-order valence-electron chi connectivity index (χ2n) is 3.04. The third-order valence-corrected chi connectivity index (χ3v) is 3.11. The van der Waals surface area contributed by atoms with Crippen LogP contribution in [-0.4, -0.2) is 35.4 Å². The van der Waals surface area contributed by atoms with Gasteiger partial charge >= 0.3 is 0 Å². The van der Waals surface area contributed by atoms with Gasteiger partial charge in [0.2, 0.25) is 5.91 Å². The first-order chi connectivity index (χ1) is 5.75. The Morgan fingerprint density at radius 2 is 2.17 bits per heavy atom. The lowest BCUT2D eigenvalue weighted by atomic mass is 10.1. The van der Waals surface area contributed by atoms with E-state index in [0.29, 0.717) is 0 Å². The number of carbonyl (C=O) groups excluding carboxylic acids is 1. The molecule has 1 amide bonds. The molecule has 1 fully saturated rings. The topological polar surface area (TPSA) is 20.3 Å². The second kappa shape index (κ2) is 4.75. The van der Waals surface area contributed by atoms with Gasteiger partial charge in [-0.3, -0.25) is 4.79 Å². The zero-order chi connectivity index (χ0) is 8.97. The average Bonchev–Trinajstić information content (AvgIpc) is 2.17. The first-order valence-electron chi connectivity index (χ1n) is 4.45. The molecule has 69 valence electrons. The van der Waals surface area contributed by atoms with Crippen LogP contribution in [0.3, 0.4) is 0 Å². The molecule has 0 saturated carbocycles. The molecule has 0 aromatic heterocycles. The van der Waals surface area contributed by atoms with Crippen LogP contribution in [0.25, 0.3) is 0 Å². The molecule has 0 spiro atoms. The highest BCUT2D eigenvalue weighted by molar-refractivity contribution is 7.99. The van der Waals surface area contributed by atoms with Crippen LogP contribution < -0.4 is 0 Å². The molecule has 1 unspecified atom stereocenters. The van der Waals surface area contributed by atoms with E-state index in [1.807, 2.05) is 23.6 Å². The highest BCUT2D eigenvalue weighted by Crippen LogP contribution is 2.13. The molecule has 0 bridgehead atoms. The summed E-state index contributed by atoms with van der Waals surface area (Å²) in [7, 11) is 0. The standard InChI is InChI=1S/C9H16NOS/c1-3-8(2)9(11)10-4-6-12-7-5-10/h8H,2-7H2,1H3. The third kappa shape index (κ3) is 2.41. The largest absolute Gasteiger partial charge is 0.341 e. The lowest BCUT2D eigenvalue weighted by Crippen LogP contribution is -2.40. The van der Waals surface area contributed by atoms with Crippen molar-refractivity contribution in [3.63, 3.8) is 0 Å². The summed E-state index contributed by atoms with van der Waals surface area (Å²) in [6, 6.07) is 0. The lowest BCUT2D eigenvalue weighted by Gasteiger charge is -2.28. The summed E-state index contributed by atoms with van der Waals surface area (Å²) in [4.78, 5) is 13.5. The van der Waals surface area contributed by atoms with Gasteiger partial charge in [0.25, 0.3) is 0 Å². The molecule has 1 heterocycles. The maximum Gasteiger partial charge on any atom is 0.225 e. The van der Waals surface area contributed by atoms with Crippen molar-refractivity contribution < 1.29 is 4.79 Å². The summed E-state index contributed by atoms with van der Waals surface area (Å²) in [5, 5.41) is 0. The quantitative estimate of drug-likeness (QED) is 0.650. The Bertz CT molecular complexity index is 155. The zero-order valence-electron chi connectivity index (χ0n) is 7.58. The van der Waals surface area contributed by atoms with E-state index in [4.69, 9.17) is 0 Å². The molecule has 0 aliphatic carbocycles. The van der Waals surface area contributed by atoms with Crippen molar-refractivity contribution in [3.8, 4) is 0 Å². The van der Waals surface area contributed by atoms with E-state index >= 15 is 0 Å². The van der Waals surface area contributed by atoms with Gasteiger partial charge < -0.3 is 4.90 Å². The minimum Gasteiger partial charge on any atom is -0.341 e. The molecule has 0 N–H and O–H groups in total. The van der Waals surface area contributed by atoms with Crippen molar-refractivity contribution >= 4 is 17.7 Å². The SMILES string of the molecule is [CH2]C(CC)C(=O)N1CCSCC1. The van der Waals surface area contributed by atoms with Crippen LogP contribution in [0.4, 0.5) is 0 Å². The summed E-state index contributed by atoms with van der Waals surface area (Å²) in [5.41, 5.74) is 0. The van der Waals surface area contributed by atoms with Gasteiger partial charge in [-0.1, -0.05) is 6.92 Å². The van der Waals surface area contributed by atoms with E-state index < -0.39 is 0 Å². The fourth-order valence-corrected chi connectivity index (χ4v) is 2.12. The molecule has 0 aromatic rings. The molecule has 1 atom stereocenters. The smallest absolute Gasteiger partial charge is 0.225 e. The lowest BCUT2D eigenvalue weighted by molar-refractivity contribution is -0.133. The zero-order valence-corrected chi connectivity index (χ0v) is 8.40. The number of thioether (sulfide) groups is 1. The Hall–Kier alpha value is -0.180. The molecule has 1 aliphatic heterocycles. The van der Waals surface area contributed by atoms with Crippen LogP contribution in [0, 0.1) is 12.8 Å².